The molecule has 2 rings (SSSR count). The van der Waals surface area contributed by atoms with Gasteiger partial charge in [0, 0.05) is 33.8 Å². The summed E-state index contributed by atoms with van der Waals surface area (Å²) < 4.78 is 0.955. The first-order valence-corrected chi connectivity index (χ1v) is 6.44. The molecule has 0 saturated heterocycles. The second-order valence-electron chi connectivity index (χ2n) is 3.80. The van der Waals surface area contributed by atoms with E-state index in [0.29, 0.717) is 11.4 Å². The maximum absolute atomic E-state index is 6.16. The van der Waals surface area contributed by atoms with Gasteiger partial charge in [-0.15, -0.1) is 0 Å². The summed E-state index contributed by atoms with van der Waals surface area (Å²) in [4.78, 5) is 4.26. The number of pyridine rings is 1. The summed E-state index contributed by atoms with van der Waals surface area (Å²) in [5.41, 5.74) is 8.05. The van der Waals surface area contributed by atoms with Crippen molar-refractivity contribution >= 4 is 27.5 Å². The van der Waals surface area contributed by atoms with Crippen LogP contribution in [0.25, 0.3) is 0 Å². The maximum atomic E-state index is 6.16. The lowest BCUT2D eigenvalue weighted by molar-refractivity contribution is 0.707. The third-order valence-electron chi connectivity index (χ3n) is 2.52. The second kappa shape index (κ2) is 5.63. The van der Waals surface area contributed by atoms with Crippen molar-refractivity contribution in [2.75, 3.05) is 0 Å². The highest BCUT2D eigenvalue weighted by Crippen LogP contribution is 2.26. The molecule has 0 saturated carbocycles. The van der Waals surface area contributed by atoms with E-state index in [-0.39, 0.29) is 6.04 Å². The molecule has 2 nitrogen and oxygen atoms in total. The zero-order chi connectivity index (χ0) is 12.3. The molecule has 1 unspecified atom stereocenters. The summed E-state index contributed by atoms with van der Waals surface area (Å²) in [6.07, 6.45) is 2.45. The first kappa shape index (κ1) is 12.6. The second-order valence-corrected chi connectivity index (χ2v) is 5.12. The molecule has 0 amide bonds. The summed E-state index contributed by atoms with van der Waals surface area (Å²) in [7, 11) is 0. The molecule has 0 aliphatic carbocycles. The minimum atomic E-state index is -0.134. The van der Waals surface area contributed by atoms with Crippen molar-refractivity contribution in [1.82, 2.24) is 4.98 Å². The molecule has 1 heterocycles. The van der Waals surface area contributed by atoms with Crippen molar-refractivity contribution < 1.29 is 0 Å². The van der Waals surface area contributed by atoms with Gasteiger partial charge in [-0.25, -0.2) is 0 Å². The van der Waals surface area contributed by atoms with E-state index in [1.54, 1.807) is 6.20 Å². The number of rotatable bonds is 3. The van der Waals surface area contributed by atoms with Crippen LogP contribution in [-0.4, -0.2) is 4.98 Å². The summed E-state index contributed by atoms with van der Waals surface area (Å²) >= 11 is 9.53. The summed E-state index contributed by atoms with van der Waals surface area (Å²) in [5.74, 6) is 0. The minimum Gasteiger partial charge on any atom is -0.324 e. The van der Waals surface area contributed by atoms with Crippen LogP contribution in [0, 0.1) is 0 Å². The van der Waals surface area contributed by atoms with Crippen LogP contribution < -0.4 is 5.73 Å². The van der Waals surface area contributed by atoms with Gasteiger partial charge in [0.1, 0.15) is 0 Å². The topological polar surface area (TPSA) is 38.9 Å². The predicted molar refractivity (Wildman–Crippen MR) is 74.0 cm³/mol. The van der Waals surface area contributed by atoms with Gasteiger partial charge >= 0.3 is 0 Å². The van der Waals surface area contributed by atoms with Crippen molar-refractivity contribution in [1.29, 1.82) is 0 Å². The number of benzene rings is 1. The lowest BCUT2D eigenvalue weighted by atomic mass is 10.0. The van der Waals surface area contributed by atoms with E-state index in [1.165, 1.54) is 0 Å². The van der Waals surface area contributed by atoms with Crippen molar-refractivity contribution in [3.8, 4) is 0 Å². The number of aromatic nitrogens is 1. The zero-order valence-electron chi connectivity index (χ0n) is 9.11. The quantitative estimate of drug-likeness (QED) is 0.938. The van der Waals surface area contributed by atoms with Crippen molar-refractivity contribution in [2.24, 2.45) is 5.73 Å². The van der Waals surface area contributed by atoms with E-state index in [9.17, 15) is 0 Å². The van der Waals surface area contributed by atoms with Gasteiger partial charge < -0.3 is 5.73 Å². The molecular weight excluding hydrogens is 300 g/mol. The van der Waals surface area contributed by atoms with Gasteiger partial charge in [-0.1, -0.05) is 39.7 Å². The fraction of sp³-hybridized carbons (Fsp3) is 0.154. The van der Waals surface area contributed by atoms with Crippen LogP contribution in [0.1, 0.15) is 17.3 Å². The lowest BCUT2D eigenvalue weighted by Gasteiger charge is -2.13. The monoisotopic (exact) mass is 310 g/mol. The van der Waals surface area contributed by atoms with Gasteiger partial charge in [-0.05, 0) is 29.8 Å². The molecule has 17 heavy (non-hydrogen) atoms. The fourth-order valence-corrected chi connectivity index (χ4v) is 2.47. The van der Waals surface area contributed by atoms with Crippen LogP contribution in [0.5, 0.6) is 0 Å². The number of hydrogen-bond donors (Lipinski definition) is 1. The Bertz CT molecular complexity index is 502. The molecule has 0 aliphatic rings. The van der Waals surface area contributed by atoms with Crippen molar-refractivity contribution in [3.63, 3.8) is 0 Å². The van der Waals surface area contributed by atoms with Gasteiger partial charge in [0.05, 0.1) is 0 Å². The number of nitrogens with two attached hydrogens (primary N) is 1. The summed E-state index contributed by atoms with van der Waals surface area (Å²) in [6, 6.07) is 11.4. The Kier molecular flexibility index (Phi) is 4.15. The molecule has 2 N–H and O–H groups in total. The number of halogens is 2. The van der Waals surface area contributed by atoms with Gasteiger partial charge in [0.15, 0.2) is 0 Å². The molecule has 0 spiro atoms. The minimum absolute atomic E-state index is 0.134. The summed E-state index contributed by atoms with van der Waals surface area (Å²) in [6.45, 7) is 0. The van der Waals surface area contributed by atoms with Crippen LogP contribution in [0.2, 0.25) is 5.02 Å². The molecule has 0 radical (unpaired) electrons. The molecule has 1 aromatic carbocycles. The van der Waals surface area contributed by atoms with Crippen molar-refractivity contribution in [2.45, 2.75) is 12.5 Å². The number of hydrogen-bond acceptors (Lipinski definition) is 2. The Labute approximate surface area is 114 Å². The van der Waals surface area contributed by atoms with E-state index in [4.69, 9.17) is 17.3 Å². The maximum Gasteiger partial charge on any atom is 0.0465 e. The Hall–Kier alpha value is -0.900. The van der Waals surface area contributed by atoms with Crippen LogP contribution in [0.15, 0.2) is 47.1 Å². The van der Waals surface area contributed by atoms with Crippen LogP contribution in [0.3, 0.4) is 0 Å². The molecule has 0 fully saturated rings. The Morgan fingerprint density at radius 2 is 2.12 bits per heavy atom. The molecule has 2 aromatic rings. The predicted octanol–water partition coefficient (Wildman–Crippen LogP) is 3.74. The van der Waals surface area contributed by atoms with Crippen LogP contribution in [0.4, 0.5) is 0 Å². The Morgan fingerprint density at radius 3 is 2.76 bits per heavy atom. The summed E-state index contributed by atoms with van der Waals surface area (Å²) in [5, 5.41) is 0.683. The normalized spacial score (nSPS) is 12.4. The average Bonchev–Trinajstić information content (AvgIpc) is 2.30. The third-order valence-corrected chi connectivity index (χ3v) is 3.34. The lowest BCUT2D eigenvalue weighted by Crippen LogP contribution is -2.14. The van der Waals surface area contributed by atoms with E-state index in [2.05, 4.69) is 20.9 Å². The fourth-order valence-electron chi connectivity index (χ4n) is 1.66. The van der Waals surface area contributed by atoms with E-state index in [1.807, 2.05) is 36.4 Å². The zero-order valence-corrected chi connectivity index (χ0v) is 11.4. The Morgan fingerprint density at radius 1 is 1.29 bits per heavy atom. The molecule has 1 atom stereocenters. The first-order chi connectivity index (χ1) is 8.16. The highest BCUT2D eigenvalue weighted by atomic mass is 79.9. The van der Waals surface area contributed by atoms with Gasteiger partial charge in [0.2, 0.25) is 0 Å². The van der Waals surface area contributed by atoms with E-state index >= 15 is 0 Å². The van der Waals surface area contributed by atoms with Crippen LogP contribution in [-0.2, 0) is 6.42 Å². The smallest absolute Gasteiger partial charge is 0.0465 e. The van der Waals surface area contributed by atoms with Crippen LogP contribution >= 0.6 is 27.5 Å². The molecule has 88 valence electrons. The standard InChI is InChI=1S/C13H12BrClN2/c14-9-4-5-11(12(15)7-9)13(16)8-10-3-1-2-6-17-10/h1-7,13H,8,16H2. The van der Waals surface area contributed by atoms with Gasteiger partial charge in [-0.3, -0.25) is 4.98 Å². The molecule has 1 aromatic heterocycles. The van der Waals surface area contributed by atoms with Gasteiger partial charge in [0.25, 0.3) is 0 Å². The highest BCUT2D eigenvalue weighted by molar-refractivity contribution is 9.10. The van der Waals surface area contributed by atoms with E-state index in [0.717, 1.165) is 15.7 Å². The molecule has 0 aliphatic heterocycles. The van der Waals surface area contributed by atoms with Gasteiger partial charge in [-0.2, -0.15) is 0 Å². The average molecular weight is 312 g/mol. The first-order valence-electron chi connectivity index (χ1n) is 5.27. The van der Waals surface area contributed by atoms with Crippen molar-refractivity contribution in [3.05, 3.63) is 63.3 Å². The number of nitrogens with zero attached hydrogens (tertiary/aromatic N) is 1. The SMILES string of the molecule is NC(Cc1ccccn1)c1ccc(Br)cc1Cl. The Balaban J connectivity index is 2.17. The third kappa shape index (κ3) is 3.28. The highest BCUT2D eigenvalue weighted by Gasteiger charge is 2.11. The van der Waals surface area contributed by atoms with E-state index < -0.39 is 0 Å². The molecule has 4 heteroatoms. The molecular formula is C13H12BrClN2. The largest absolute Gasteiger partial charge is 0.324 e. The molecule has 0 bridgehead atoms.